The van der Waals surface area contributed by atoms with Crippen LogP contribution < -0.4 is 11.2 Å². The first-order valence-electron chi connectivity index (χ1n) is 3.36. The van der Waals surface area contributed by atoms with Crippen molar-refractivity contribution in [3.63, 3.8) is 0 Å². The molecule has 0 saturated carbocycles. The van der Waals surface area contributed by atoms with E-state index in [1.165, 1.54) is 0 Å². The number of H-pyrrole nitrogens is 1. The molecule has 0 amide bonds. The fourth-order valence-electron chi connectivity index (χ4n) is 0.821. The summed E-state index contributed by atoms with van der Waals surface area (Å²) < 4.78 is 35.6. The van der Waals surface area contributed by atoms with Crippen molar-refractivity contribution in [3.05, 3.63) is 32.1 Å². The van der Waals surface area contributed by atoms with E-state index in [4.69, 9.17) is 11.6 Å². The monoisotopic (exact) mass is 228 g/mol. The third kappa shape index (κ3) is 2.63. The van der Waals surface area contributed by atoms with Crippen LogP contribution in [0.2, 0.25) is 5.15 Å². The van der Waals surface area contributed by atoms with Crippen molar-refractivity contribution in [2.24, 2.45) is 0 Å². The average molecular weight is 229 g/mol. The Balaban J connectivity index is 3.23. The number of rotatable bonds is 1. The normalized spacial score (nSPS) is 11.7. The standard InChI is InChI=1S/C6H4ClF3N2O2/c7-3-1-4(13)12(5(14)11-3)2-6(8,9)10/h1H,2H2,(H,11,14). The lowest BCUT2D eigenvalue weighted by Crippen LogP contribution is -2.38. The average Bonchev–Trinajstić information content (AvgIpc) is 1.95. The molecule has 0 aliphatic heterocycles. The van der Waals surface area contributed by atoms with Crippen molar-refractivity contribution in [1.82, 2.24) is 9.55 Å². The largest absolute Gasteiger partial charge is 0.406 e. The summed E-state index contributed by atoms with van der Waals surface area (Å²) in [5.41, 5.74) is -2.27. The molecule has 4 nitrogen and oxygen atoms in total. The third-order valence-corrected chi connectivity index (χ3v) is 1.53. The van der Waals surface area contributed by atoms with E-state index in [-0.39, 0.29) is 9.72 Å². The van der Waals surface area contributed by atoms with Gasteiger partial charge in [-0.25, -0.2) is 4.79 Å². The van der Waals surface area contributed by atoms with Gasteiger partial charge in [-0.15, -0.1) is 0 Å². The Bertz CT molecular complexity index is 416. The van der Waals surface area contributed by atoms with E-state index >= 15 is 0 Å². The van der Waals surface area contributed by atoms with Gasteiger partial charge in [-0.3, -0.25) is 14.3 Å². The molecule has 0 spiro atoms. The van der Waals surface area contributed by atoms with E-state index in [9.17, 15) is 22.8 Å². The molecule has 0 atom stereocenters. The first-order valence-corrected chi connectivity index (χ1v) is 3.74. The van der Waals surface area contributed by atoms with E-state index in [0.29, 0.717) is 6.07 Å². The van der Waals surface area contributed by atoms with Gasteiger partial charge < -0.3 is 0 Å². The highest BCUT2D eigenvalue weighted by atomic mass is 35.5. The molecule has 14 heavy (non-hydrogen) atoms. The number of hydrogen-bond acceptors (Lipinski definition) is 2. The highest BCUT2D eigenvalue weighted by Gasteiger charge is 2.29. The summed E-state index contributed by atoms with van der Waals surface area (Å²) in [7, 11) is 0. The summed E-state index contributed by atoms with van der Waals surface area (Å²) >= 11 is 5.24. The fraction of sp³-hybridized carbons (Fsp3) is 0.333. The Morgan fingerprint density at radius 3 is 2.43 bits per heavy atom. The molecule has 0 saturated heterocycles. The van der Waals surface area contributed by atoms with Crippen molar-refractivity contribution < 1.29 is 13.2 Å². The second kappa shape index (κ2) is 3.49. The SMILES string of the molecule is O=c1cc(Cl)[nH]c(=O)n1CC(F)(F)F. The first-order chi connectivity index (χ1) is 6.29. The number of hydrogen-bond donors (Lipinski definition) is 1. The molecular weight excluding hydrogens is 225 g/mol. The van der Waals surface area contributed by atoms with Crippen molar-refractivity contribution in [1.29, 1.82) is 0 Å². The van der Waals surface area contributed by atoms with Gasteiger partial charge in [0.05, 0.1) is 0 Å². The van der Waals surface area contributed by atoms with Gasteiger partial charge in [0.15, 0.2) is 0 Å². The van der Waals surface area contributed by atoms with Gasteiger partial charge in [-0.05, 0) is 0 Å². The lowest BCUT2D eigenvalue weighted by atomic mass is 10.5. The molecule has 0 aliphatic rings. The Morgan fingerprint density at radius 1 is 1.43 bits per heavy atom. The van der Waals surface area contributed by atoms with Crippen molar-refractivity contribution in [2.45, 2.75) is 12.7 Å². The predicted molar refractivity (Wildman–Crippen MR) is 42.4 cm³/mol. The van der Waals surface area contributed by atoms with Crippen LogP contribution in [0.4, 0.5) is 13.2 Å². The smallest absolute Gasteiger partial charge is 0.298 e. The highest BCUT2D eigenvalue weighted by molar-refractivity contribution is 6.29. The van der Waals surface area contributed by atoms with Crippen molar-refractivity contribution >= 4 is 11.6 Å². The Hall–Kier alpha value is -1.24. The molecule has 1 heterocycles. The van der Waals surface area contributed by atoms with Gasteiger partial charge in [0.1, 0.15) is 11.7 Å². The van der Waals surface area contributed by atoms with E-state index in [1.807, 2.05) is 4.98 Å². The molecule has 1 N–H and O–H groups in total. The van der Waals surface area contributed by atoms with Gasteiger partial charge in [-0.2, -0.15) is 13.2 Å². The summed E-state index contributed by atoms with van der Waals surface area (Å²) in [5.74, 6) is 0. The molecule has 78 valence electrons. The molecule has 1 aromatic rings. The fourth-order valence-corrected chi connectivity index (χ4v) is 0.995. The molecule has 0 aliphatic carbocycles. The minimum atomic E-state index is -4.62. The summed E-state index contributed by atoms with van der Waals surface area (Å²) in [5, 5.41) is -0.293. The van der Waals surface area contributed by atoms with Gasteiger partial charge in [0, 0.05) is 6.07 Å². The van der Waals surface area contributed by atoms with E-state index in [1.54, 1.807) is 0 Å². The van der Waals surface area contributed by atoms with Crippen LogP contribution in [0.15, 0.2) is 15.7 Å². The van der Waals surface area contributed by atoms with E-state index in [0.717, 1.165) is 0 Å². The quantitative estimate of drug-likeness (QED) is 0.722. The van der Waals surface area contributed by atoms with Crippen LogP contribution in [0.1, 0.15) is 0 Å². The minimum absolute atomic E-state index is 0.0197. The van der Waals surface area contributed by atoms with Crippen LogP contribution >= 0.6 is 11.6 Å². The topological polar surface area (TPSA) is 54.9 Å². The van der Waals surface area contributed by atoms with Crippen molar-refractivity contribution in [3.8, 4) is 0 Å². The molecule has 1 rings (SSSR count). The number of aromatic amines is 1. The maximum Gasteiger partial charge on any atom is 0.406 e. The second-order valence-electron chi connectivity index (χ2n) is 2.46. The molecule has 0 radical (unpaired) electrons. The predicted octanol–water partition coefficient (Wildman–Crippen LogP) is 0.752. The lowest BCUT2D eigenvalue weighted by molar-refractivity contribution is -0.141. The molecule has 0 unspecified atom stereocenters. The maximum absolute atomic E-state index is 11.9. The Kier molecular flexibility index (Phi) is 2.70. The summed E-state index contributed by atoms with van der Waals surface area (Å²) in [6, 6.07) is 0.703. The number of aromatic nitrogens is 2. The third-order valence-electron chi connectivity index (χ3n) is 1.33. The summed E-state index contributed by atoms with van der Waals surface area (Å²) in [4.78, 5) is 23.6. The summed E-state index contributed by atoms with van der Waals surface area (Å²) in [6.07, 6.45) is -4.62. The van der Waals surface area contributed by atoms with Gasteiger partial charge in [-0.1, -0.05) is 11.6 Å². The number of nitrogens with one attached hydrogen (secondary N) is 1. The highest BCUT2D eigenvalue weighted by Crippen LogP contribution is 2.15. The van der Waals surface area contributed by atoms with Crippen LogP contribution in [0, 0.1) is 0 Å². The van der Waals surface area contributed by atoms with Gasteiger partial charge in [0.2, 0.25) is 0 Å². The Morgan fingerprint density at radius 2 is 2.00 bits per heavy atom. The van der Waals surface area contributed by atoms with E-state index < -0.39 is 24.0 Å². The van der Waals surface area contributed by atoms with Gasteiger partial charge >= 0.3 is 11.9 Å². The van der Waals surface area contributed by atoms with Crippen LogP contribution in [0.5, 0.6) is 0 Å². The Labute approximate surface area is 79.9 Å². The molecule has 1 aromatic heterocycles. The zero-order valence-corrected chi connectivity index (χ0v) is 7.32. The van der Waals surface area contributed by atoms with Gasteiger partial charge in [0.25, 0.3) is 5.56 Å². The first kappa shape index (κ1) is 10.8. The summed E-state index contributed by atoms with van der Waals surface area (Å²) in [6.45, 7) is -1.63. The molecule has 0 aromatic carbocycles. The van der Waals surface area contributed by atoms with Crippen LogP contribution in [-0.2, 0) is 6.54 Å². The molecule has 0 fully saturated rings. The number of alkyl halides is 3. The zero-order chi connectivity index (χ0) is 10.9. The molecule has 8 heteroatoms. The number of nitrogens with zero attached hydrogens (tertiary/aromatic N) is 1. The molecule has 0 bridgehead atoms. The minimum Gasteiger partial charge on any atom is -0.298 e. The van der Waals surface area contributed by atoms with Crippen molar-refractivity contribution in [2.75, 3.05) is 0 Å². The second-order valence-corrected chi connectivity index (χ2v) is 2.87. The lowest BCUT2D eigenvalue weighted by Gasteiger charge is -2.07. The number of halogens is 4. The van der Waals surface area contributed by atoms with E-state index in [2.05, 4.69) is 0 Å². The van der Waals surface area contributed by atoms with Crippen LogP contribution in [0.3, 0.4) is 0 Å². The molecular formula is C6H4ClF3N2O2. The van der Waals surface area contributed by atoms with Crippen LogP contribution in [0.25, 0.3) is 0 Å². The maximum atomic E-state index is 11.9. The zero-order valence-electron chi connectivity index (χ0n) is 6.56. The van der Waals surface area contributed by atoms with Crippen LogP contribution in [-0.4, -0.2) is 15.7 Å².